The summed E-state index contributed by atoms with van der Waals surface area (Å²) >= 11 is 0. The molecule has 0 aliphatic carbocycles. The van der Waals surface area contributed by atoms with Crippen LogP contribution in [0.3, 0.4) is 0 Å². The van der Waals surface area contributed by atoms with E-state index < -0.39 is 0 Å². The first-order valence-electron chi connectivity index (χ1n) is 5.09. The van der Waals surface area contributed by atoms with E-state index >= 15 is 0 Å². The van der Waals surface area contributed by atoms with Crippen LogP contribution in [0.5, 0.6) is 0 Å². The molecule has 1 unspecified atom stereocenters. The molecule has 0 fully saturated rings. The van der Waals surface area contributed by atoms with E-state index in [9.17, 15) is 0 Å². The van der Waals surface area contributed by atoms with Crippen molar-refractivity contribution in [1.82, 2.24) is 5.32 Å². The number of hydrogen-bond donors (Lipinski definition) is 2. The predicted octanol–water partition coefficient (Wildman–Crippen LogP) is 2.35. The first-order chi connectivity index (χ1) is 6.61. The summed E-state index contributed by atoms with van der Waals surface area (Å²) in [6.45, 7) is 14.3. The van der Waals surface area contributed by atoms with E-state index in [0.717, 1.165) is 37.1 Å². The fraction of sp³-hybridized carbons (Fsp3) is 0.500. The lowest BCUT2D eigenvalue weighted by molar-refractivity contribution is 0.597. The summed E-state index contributed by atoms with van der Waals surface area (Å²) in [5, 5.41) is 3.11. The molecule has 0 rings (SSSR count). The molecule has 0 saturated carbocycles. The van der Waals surface area contributed by atoms with Gasteiger partial charge in [0.2, 0.25) is 0 Å². The highest BCUT2D eigenvalue weighted by atomic mass is 14.9. The lowest BCUT2D eigenvalue weighted by atomic mass is 10.0. The van der Waals surface area contributed by atoms with Crippen LogP contribution in [0.25, 0.3) is 0 Å². The molecule has 0 aliphatic heterocycles. The van der Waals surface area contributed by atoms with Gasteiger partial charge in [0.05, 0.1) is 0 Å². The topological polar surface area (TPSA) is 38.0 Å². The zero-order valence-electron chi connectivity index (χ0n) is 9.18. The largest absolute Gasteiger partial charge is 0.382 e. The molecule has 2 heteroatoms. The molecule has 0 saturated heterocycles. The summed E-state index contributed by atoms with van der Waals surface area (Å²) in [4.78, 5) is 0. The van der Waals surface area contributed by atoms with E-state index in [-0.39, 0.29) is 6.04 Å². The van der Waals surface area contributed by atoms with E-state index in [1.54, 1.807) is 6.08 Å². The van der Waals surface area contributed by atoms with Gasteiger partial charge in [0.15, 0.2) is 0 Å². The van der Waals surface area contributed by atoms with Gasteiger partial charge in [-0.25, -0.2) is 0 Å². The highest BCUT2D eigenvalue weighted by Gasteiger charge is 2.05. The molecule has 0 radical (unpaired) electrons. The summed E-state index contributed by atoms with van der Waals surface area (Å²) in [7, 11) is 0. The Morgan fingerprint density at radius 2 is 2.14 bits per heavy atom. The monoisotopic (exact) mass is 194 g/mol. The maximum absolute atomic E-state index is 5.90. The van der Waals surface area contributed by atoms with Crippen molar-refractivity contribution in [2.24, 2.45) is 5.73 Å². The fourth-order valence-corrected chi connectivity index (χ4v) is 1.23. The summed E-state index contributed by atoms with van der Waals surface area (Å²) < 4.78 is 0. The minimum Gasteiger partial charge on any atom is -0.382 e. The van der Waals surface area contributed by atoms with Crippen molar-refractivity contribution in [2.45, 2.75) is 32.2 Å². The molecule has 2 nitrogen and oxygen atoms in total. The molecule has 80 valence electrons. The van der Waals surface area contributed by atoms with Crippen molar-refractivity contribution in [1.29, 1.82) is 0 Å². The third kappa shape index (κ3) is 5.60. The Bertz CT molecular complexity index is 206. The van der Waals surface area contributed by atoms with Crippen LogP contribution < -0.4 is 11.1 Å². The van der Waals surface area contributed by atoms with E-state index in [2.05, 4.69) is 32.0 Å². The van der Waals surface area contributed by atoms with Crippen LogP contribution in [0.4, 0.5) is 0 Å². The van der Waals surface area contributed by atoms with Crippen molar-refractivity contribution < 1.29 is 0 Å². The maximum Gasteiger partial charge on any atom is 0.0328 e. The summed E-state index contributed by atoms with van der Waals surface area (Å²) in [6, 6.07) is 0.204. The number of nitrogens with one attached hydrogen (secondary N) is 1. The Kier molecular flexibility index (Phi) is 6.85. The highest BCUT2D eigenvalue weighted by Crippen LogP contribution is 2.11. The van der Waals surface area contributed by atoms with Crippen LogP contribution in [0.1, 0.15) is 26.2 Å². The molecule has 0 bridgehead atoms. The summed E-state index contributed by atoms with van der Waals surface area (Å²) in [6.07, 6.45) is 4.76. The molecule has 3 N–H and O–H groups in total. The van der Waals surface area contributed by atoms with Crippen LogP contribution in [0.15, 0.2) is 37.1 Å². The van der Waals surface area contributed by atoms with Gasteiger partial charge < -0.3 is 11.1 Å². The average Bonchev–Trinajstić information content (AvgIpc) is 2.14. The van der Waals surface area contributed by atoms with Crippen LogP contribution in [0, 0.1) is 0 Å². The van der Waals surface area contributed by atoms with E-state index in [1.807, 2.05) is 0 Å². The SMILES string of the molecule is C=CCNC(=C)C(=C)CC(N)CCC. The minimum absolute atomic E-state index is 0.204. The van der Waals surface area contributed by atoms with Crippen molar-refractivity contribution in [3.8, 4) is 0 Å². The summed E-state index contributed by atoms with van der Waals surface area (Å²) in [5.41, 5.74) is 7.77. The van der Waals surface area contributed by atoms with E-state index in [1.165, 1.54) is 0 Å². The maximum atomic E-state index is 5.90. The first-order valence-corrected chi connectivity index (χ1v) is 5.09. The Hall–Kier alpha value is -1.02. The Labute approximate surface area is 87.6 Å². The predicted molar refractivity (Wildman–Crippen MR) is 64.0 cm³/mol. The van der Waals surface area contributed by atoms with Crippen molar-refractivity contribution in [3.63, 3.8) is 0 Å². The standard InChI is InChI=1S/C12H22N2/c1-5-7-12(13)9-10(3)11(4)14-8-6-2/h6,12,14H,2-5,7-9,13H2,1H3. The van der Waals surface area contributed by atoms with Gasteiger partial charge >= 0.3 is 0 Å². The number of hydrogen-bond acceptors (Lipinski definition) is 2. The van der Waals surface area contributed by atoms with Gasteiger partial charge in [-0.1, -0.05) is 32.6 Å². The third-order valence-electron chi connectivity index (χ3n) is 2.05. The molecule has 1 atom stereocenters. The molecular weight excluding hydrogens is 172 g/mol. The normalized spacial score (nSPS) is 11.9. The Balaban J connectivity index is 3.82. The summed E-state index contributed by atoms with van der Waals surface area (Å²) in [5.74, 6) is 0. The average molecular weight is 194 g/mol. The molecule has 0 spiro atoms. The molecule has 14 heavy (non-hydrogen) atoms. The molecular formula is C12H22N2. The second-order valence-corrected chi connectivity index (χ2v) is 3.50. The van der Waals surface area contributed by atoms with Gasteiger partial charge in [-0.05, 0) is 18.4 Å². The van der Waals surface area contributed by atoms with Gasteiger partial charge in [0, 0.05) is 18.3 Å². The van der Waals surface area contributed by atoms with Gasteiger partial charge in [0.25, 0.3) is 0 Å². The molecule has 0 heterocycles. The smallest absolute Gasteiger partial charge is 0.0328 e. The molecule has 0 aliphatic rings. The van der Waals surface area contributed by atoms with Crippen molar-refractivity contribution >= 4 is 0 Å². The highest BCUT2D eigenvalue weighted by molar-refractivity contribution is 5.24. The van der Waals surface area contributed by atoms with Crippen molar-refractivity contribution in [3.05, 3.63) is 37.1 Å². The quantitative estimate of drug-likeness (QED) is 0.460. The number of allylic oxidation sites excluding steroid dienone is 1. The van der Waals surface area contributed by atoms with Gasteiger partial charge in [-0.3, -0.25) is 0 Å². The fourth-order valence-electron chi connectivity index (χ4n) is 1.23. The number of rotatable bonds is 8. The molecule has 0 aromatic carbocycles. The van der Waals surface area contributed by atoms with Gasteiger partial charge in [-0.2, -0.15) is 0 Å². The first kappa shape index (κ1) is 13.0. The third-order valence-corrected chi connectivity index (χ3v) is 2.05. The van der Waals surface area contributed by atoms with Gasteiger partial charge in [0.1, 0.15) is 0 Å². The van der Waals surface area contributed by atoms with Crippen molar-refractivity contribution in [2.75, 3.05) is 6.54 Å². The molecule has 0 aromatic heterocycles. The Morgan fingerprint density at radius 1 is 1.50 bits per heavy atom. The number of nitrogens with two attached hydrogens (primary N) is 1. The lowest BCUT2D eigenvalue weighted by Crippen LogP contribution is -2.22. The zero-order valence-corrected chi connectivity index (χ0v) is 9.18. The van der Waals surface area contributed by atoms with Gasteiger partial charge in [-0.15, -0.1) is 6.58 Å². The second kappa shape index (κ2) is 7.39. The molecule has 0 aromatic rings. The minimum atomic E-state index is 0.204. The zero-order chi connectivity index (χ0) is 11.0. The second-order valence-electron chi connectivity index (χ2n) is 3.50. The van der Waals surface area contributed by atoms with E-state index in [0.29, 0.717) is 0 Å². The Morgan fingerprint density at radius 3 is 2.64 bits per heavy atom. The lowest BCUT2D eigenvalue weighted by Gasteiger charge is -2.15. The van der Waals surface area contributed by atoms with Crippen LogP contribution >= 0.6 is 0 Å². The van der Waals surface area contributed by atoms with Crippen LogP contribution in [-0.4, -0.2) is 12.6 Å². The van der Waals surface area contributed by atoms with E-state index in [4.69, 9.17) is 5.73 Å². The van der Waals surface area contributed by atoms with Crippen LogP contribution in [0.2, 0.25) is 0 Å². The van der Waals surface area contributed by atoms with Crippen LogP contribution in [-0.2, 0) is 0 Å². The molecule has 0 amide bonds.